The first-order valence-electron chi connectivity index (χ1n) is 5.02. The Bertz CT molecular complexity index is 352. The minimum absolute atomic E-state index is 0.223. The van der Waals surface area contributed by atoms with Crippen LogP contribution >= 0.6 is 11.3 Å². The van der Waals surface area contributed by atoms with Gasteiger partial charge in [-0.1, -0.05) is 11.2 Å². The summed E-state index contributed by atoms with van der Waals surface area (Å²) in [4.78, 5) is 11.3. The predicted molar refractivity (Wildman–Crippen MR) is 60.8 cm³/mol. The molecule has 0 unspecified atom stereocenters. The van der Waals surface area contributed by atoms with Crippen molar-refractivity contribution in [3.8, 4) is 5.19 Å². The number of carbonyl (C=O) groups excluding carboxylic acids is 1. The Morgan fingerprint density at radius 2 is 2.38 bits per heavy atom. The fraction of sp³-hybridized carbons (Fsp3) is 0.500. The summed E-state index contributed by atoms with van der Waals surface area (Å²) in [5, 5.41) is 8.04. The van der Waals surface area contributed by atoms with E-state index in [4.69, 9.17) is 9.47 Å². The van der Waals surface area contributed by atoms with E-state index in [9.17, 15) is 4.79 Å². The molecule has 6 heteroatoms. The Morgan fingerprint density at radius 1 is 1.56 bits per heavy atom. The summed E-state index contributed by atoms with van der Waals surface area (Å²) in [6.45, 7) is 6.23. The molecule has 5 nitrogen and oxygen atoms in total. The first-order valence-corrected chi connectivity index (χ1v) is 5.84. The van der Waals surface area contributed by atoms with Gasteiger partial charge in [-0.3, -0.25) is 0 Å². The van der Waals surface area contributed by atoms with Gasteiger partial charge in [-0.25, -0.2) is 4.79 Å². The van der Waals surface area contributed by atoms with Crippen molar-refractivity contribution in [1.29, 1.82) is 0 Å². The van der Waals surface area contributed by atoms with Crippen molar-refractivity contribution in [3.05, 3.63) is 17.7 Å². The van der Waals surface area contributed by atoms with E-state index in [1.807, 2.05) is 6.08 Å². The van der Waals surface area contributed by atoms with Crippen LogP contribution in [0, 0.1) is 0 Å². The number of nitrogens with zero attached hydrogens (tertiary/aromatic N) is 2. The molecule has 16 heavy (non-hydrogen) atoms. The summed E-state index contributed by atoms with van der Waals surface area (Å²) in [5.74, 6) is -0.457. The maximum absolute atomic E-state index is 11.3. The van der Waals surface area contributed by atoms with Crippen molar-refractivity contribution in [3.63, 3.8) is 0 Å². The molecule has 0 N–H and O–H groups in total. The van der Waals surface area contributed by atoms with E-state index < -0.39 is 5.97 Å². The maximum atomic E-state index is 11.3. The van der Waals surface area contributed by atoms with Gasteiger partial charge in [-0.2, -0.15) is 0 Å². The first-order chi connectivity index (χ1) is 7.77. The SMILES string of the molecule is C=CCCCOc1nnc(C(=O)OCC)s1. The van der Waals surface area contributed by atoms with Gasteiger partial charge < -0.3 is 9.47 Å². The highest BCUT2D eigenvalue weighted by Gasteiger charge is 2.14. The molecule has 1 heterocycles. The number of hydrogen-bond donors (Lipinski definition) is 0. The van der Waals surface area contributed by atoms with Crippen molar-refractivity contribution >= 4 is 17.3 Å². The smallest absolute Gasteiger partial charge is 0.369 e. The van der Waals surface area contributed by atoms with Crippen molar-refractivity contribution in [2.24, 2.45) is 0 Å². The lowest BCUT2D eigenvalue weighted by Gasteiger charge is -1.98. The zero-order valence-corrected chi connectivity index (χ0v) is 9.96. The van der Waals surface area contributed by atoms with Gasteiger partial charge in [0.1, 0.15) is 0 Å². The van der Waals surface area contributed by atoms with E-state index in [1.54, 1.807) is 6.92 Å². The zero-order valence-electron chi connectivity index (χ0n) is 9.14. The van der Waals surface area contributed by atoms with Gasteiger partial charge in [0.2, 0.25) is 5.01 Å². The van der Waals surface area contributed by atoms with Crippen molar-refractivity contribution in [2.75, 3.05) is 13.2 Å². The summed E-state index contributed by atoms with van der Waals surface area (Å²) in [6, 6.07) is 0. The molecule has 0 spiro atoms. The van der Waals surface area contributed by atoms with Gasteiger partial charge in [0.15, 0.2) is 0 Å². The normalized spacial score (nSPS) is 9.81. The fourth-order valence-corrected chi connectivity index (χ4v) is 1.54. The van der Waals surface area contributed by atoms with Crippen LogP contribution in [0.1, 0.15) is 29.6 Å². The van der Waals surface area contributed by atoms with Gasteiger partial charge in [0, 0.05) is 0 Å². The fourth-order valence-electron chi connectivity index (χ4n) is 0.931. The summed E-state index contributed by atoms with van der Waals surface area (Å²) in [7, 11) is 0. The lowest BCUT2D eigenvalue weighted by Crippen LogP contribution is -2.03. The number of aromatic nitrogens is 2. The minimum Gasteiger partial charge on any atom is -0.469 e. The van der Waals surface area contributed by atoms with Crippen molar-refractivity contribution in [1.82, 2.24) is 10.2 Å². The topological polar surface area (TPSA) is 61.3 Å². The van der Waals surface area contributed by atoms with Crippen LogP contribution in [0.3, 0.4) is 0 Å². The number of hydrogen-bond acceptors (Lipinski definition) is 6. The molecule has 0 atom stereocenters. The number of carbonyl (C=O) groups is 1. The van der Waals surface area contributed by atoms with E-state index in [1.165, 1.54) is 0 Å². The van der Waals surface area contributed by atoms with Gasteiger partial charge in [0.05, 0.1) is 13.2 Å². The van der Waals surface area contributed by atoms with E-state index in [0.29, 0.717) is 18.4 Å². The van der Waals surface area contributed by atoms with Gasteiger partial charge in [-0.05, 0) is 31.1 Å². The molecule has 0 aliphatic rings. The molecular formula is C10H14N2O3S. The van der Waals surface area contributed by atoms with Crippen LogP contribution in [0.5, 0.6) is 5.19 Å². The van der Waals surface area contributed by atoms with Crippen LogP contribution < -0.4 is 4.74 Å². The Labute approximate surface area is 98.1 Å². The molecule has 0 fully saturated rings. The average Bonchev–Trinajstić information content (AvgIpc) is 2.73. The van der Waals surface area contributed by atoms with E-state index in [-0.39, 0.29) is 5.01 Å². The second-order valence-corrected chi connectivity index (χ2v) is 3.81. The lowest BCUT2D eigenvalue weighted by atomic mass is 10.3. The predicted octanol–water partition coefficient (Wildman–Crippen LogP) is 2.06. The average molecular weight is 242 g/mol. The molecule has 0 bridgehead atoms. The molecule has 0 aliphatic heterocycles. The Kier molecular flexibility index (Phi) is 5.49. The number of allylic oxidation sites excluding steroid dienone is 1. The zero-order chi connectivity index (χ0) is 11.8. The molecule has 0 radical (unpaired) electrons. The Hall–Kier alpha value is -1.43. The summed E-state index contributed by atoms with van der Waals surface area (Å²) in [5.41, 5.74) is 0. The van der Waals surface area contributed by atoms with Crippen LogP contribution in [-0.2, 0) is 4.74 Å². The maximum Gasteiger partial charge on any atom is 0.369 e. The molecule has 0 aliphatic carbocycles. The summed E-state index contributed by atoms with van der Waals surface area (Å²) >= 11 is 1.09. The van der Waals surface area contributed by atoms with Gasteiger partial charge in [-0.15, -0.1) is 11.7 Å². The number of rotatable bonds is 7. The van der Waals surface area contributed by atoms with Crippen LogP contribution in [0.2, 0.25) is 0 Å². The highest BCUT2D eigenvalue weighted by molar-refractivity contribution is 7.14. The third-order valence-corrected chi connectivity index (χ3v) is 2.45. The highest BCUT2D eigenvalue weighted by atomic mass is 32.1. The monoisotopic (exact) mass is 242 g/mol. The number of unbranched alkanes of at least 4 members (excludes halogenated alkanes) is 1. The van der Waals surface area contributed by atoms with Crippen LogP contribution in [0.4, 0.5) is 0 Å². The third kappa shape index (κ3) is 3.98. The van der Waals surface area contributed by atoms with E-state index in [2.05, 4.69) is 16.8 Å². The van der Waals surface area contributed by atoms with Crippen LogP contribution in [0.15, 0.2) is 12.7 Å². The quantitative estimate of drug-likeness (QED) is 0.416. The van der Waals surface area contributed by atoms with Gasteiger partial charge in [0.25, 0.3) is 5.19 Å². The molecule has 88 valence electrons. The number of ether oxygens (including phenoxy) is 2. The minimum atomic E-state index is -0.457. The van der Waals surface area contributed by atoms with Crippen LogP contribution in [-0.4, -0.2) is 29.4 Å². The molecule has 1 aromatic heterocycles. The standard InChI is InChI=1S/C10H14N2O3S/c1-3-5-6-7-15-10-12-11-8(16-10)9(13)14-4-2/h3H,1,4-7H2,2H3. The van der Waals surface area contributed by atoms with Gasteiger partial charge >= 0.3 is 5.97 Å². The first kappa shape index (κ1) is 12.6. The number of esters is 1. The van der Waals surface area contributed by atoms with Crippen molar-refractivity contribution in [2.45, 2.75) is 19.8 Å². The summed E-state index contributed by atoms with van der Waals surface area (Å²) in [6.07, 6.45) is 3.59. The van der Waals surface area contributed by atoms with E-state index >= 15 is 0 Å². The molecule has 0 amide bonds. The Morgan fingerprint density at radius 3 is 3.06 bits per heavy atom. The molecular weight excluding hydrogens is 228 g/mol. The highest BCUT2D eigenvalue weighted by Crippen LogP contribution is 2.18. The largest absolute Gasteiger partial charge is 0.469 e. The van der Waals surface area contributed by atoms with E-state index in [0.717, 1.165) is 24.2 Å². The molecule has 0 aromatic carbocycles. The third-order valence-electron chi connectivity index (χ3n) is 1.63. The van der Waals surface area contributed by atoms with Crippen LogP contribution in [0.25, 0.3) is 0 Å². The summed E-state index contributed by atoms with van der Waals surface area (Å²) < 4.78 is 10.1. The van der Waals surface area contributed by atoms with Crippen molar-refractivity contribution < 1.29 is 14.3 Å². The molecule has 1 rings (SSSR count). The second-order valence-electron chi connectivity index (χ2n) is 2.87. The molecule has 0 saturated carbocycles. The lowest BCUT2D eigenvalue weighted by molar-refractivity contribution is 0.0525. The Balaban J connectivity index is 2.39. The molecule has 1 aromatic rings. The molecule has 0 saturated heterocycles. The second kappa shape index (κ2) is 6.95.